The Morgan fingerprint density at radius 3 is 2.52 bits per heavy atom. The molecule has 1 atom stereocenters. The van der Waals surface area contributed by atoms with E-state index in [-0.39, 0.29) is 30.7 Å². The molecule has 132 valence electrons. The van der Waals surface area contributed by atoms with Gasteiger partial charge in [-0.15, -0.1) is 24.8 Å². The van der Waals surface area contributed by atoms with Crippen LogP contribution in [0.3, 0.4) is 0 Å². The van der Waals surface area contributed by atoms with Crippen LogP contribution in [0.1, 0.15) is 26.7 Å². The summed E-state index contributed by atoms with van der Waals surface area (Å²) < 4.78 is 0. The Labute approximate surface area is 151 Å². The molecule has 1 amide bonds. The highest BCUT2D eigenvalue weighted by atomic mass is 35.5. The number of hydrogen-bond donors (Lipinski definition) is 1. The zero-order valence-electron chi connectivity index (χ0n) is 13.9. The van der Waals surface area contributed by atoms with Crippen molar-refractivity contribution < 1.29 is 4.79 Å². The number of likely N-dealkylation sites (N-methyl/N-ethyl adjacent to an activating group) is 1. The SMILES string of the molecule is CCN(CC1CCN(c2ccccn2)CC1)C(=O)[C@@H](C)N.Cl.Cl. The molecular formula is C16H28Cl2N4O. The van der Waals surface area contributed by atoms with Gasteiger partial charge in [-0.1, -0.05) is 6.07 Å². The van der Waals surface area contributed by atoms with E-state index in [2.05, 4.69) is 16.0 Å². The number of pyridine rings is 1. The van der Waals surface area contributed by atoms with Crippen LogP contribution in [-0.2, 0) is 4.79 Å². The summed E-state index contributed by atoms with van der Waals surface area (Å²) in [5.41, 5.74) is 5.71. The third-order valence-electron chi connectivity index (χ3n) is 4.15. The van der Waals surface area contributed by atoms with E-state index < -0.39 is 6.04 Å². The fourth-order valence-corrected chi connectivity index (χ4v) is 2.86. The molecule has 7 heteroatoms. The number of rotatable bonds is 5. The quantitative estimate of drug-likeness (QED) is 0.872. The Morgan fingerprint density at radius 1 is 1.39 bits per heavy atom. The standard InChI is InChI=1S/C16H26N4O.2ClH/c1-3-19(16(21)13(2)17)12-14-7-10-20(11-8-14)15-6-4-5-9-18-15;;/h4-6,9,13-14H,3,7-8,10-12,17H2,1-2H3;2*1H/t13-;;/m1../s1. The van der Waals surface area contributed by atoms with E-state index in [4.69, 9.17) is 5.73 Å². The van der Waals surface area contributed by atoms with Crippen LogP contribution < -0.4 is 10.6 Å². The summed E-state index contributed by atoms with van der Waals surface area (Å²) in [4.78, 5) is 20.6. The Kier molecular flexibility index (Phi) is 10.2. The van der Waals surface area contributed by atoms with Crippen molar-refractivity contribution in [2.45, 2.75) is 32.7 Å². The molecule has 0 spiro atoms. The maximum atomic E-state index is 12.0. The van der Waals surface area contributed by atoms with Gasteiger partial charge in [0, 0.05) is 32.4 Å². The van der Waals surface area contributed by atoms with Gasteiger partial charge in [-0.25, -0.2) is 4.98 Å². The first kappa shape index (κ1) is 22.0. The van der Waals surface area contributed by atoms with E-state index >= 15 is 0 Å². The van der Waals surface area contributed by atoms with Gasteiger partial charge in [-0.2, -0.15) is 0 Å². The van der Waals surface area contributed by atoms with E-state index in [0.29, 0.717) is 5.92 Å². The maximum absolute atomic E-state index is 12.0. The number of aromatic nitrogens is 1. The number of anilines is 1. The van der Waals surface area contributed by atoms with Crippen molar-refractivity contribution in [1.29, 1.82) is 0 Å². The highest BCUT2D eigenvalue weighted by Crippen LogP contribution is 2.22. The number of amides is 1. The maximum Gasteiger partial charge on any atom is 0.239 e. The van der Waals surface area contributed by atoms with Crippen molar-refractivity contribution in [2.24, 2.45) is 11.7 Å². The Balaban J connectivity index is 0.00000242. The van der Waals surface area contributed by atoms with Gasteiger partial charge < -0.3 is 15.5 Å². The van der Waals surface area contributed by atoms with Gasteiger partial charge in [0.1, 0.15) is 5.82 Å². The Morgan fingerprint density at radius 2 is 2.04 bits per heavy atom. The second-order valence-electron chi connectivity index (χ2n) is 5.78. The first-order valence-electron chi connectivity index (χ1n) is 7.82. The zero-order chi connectivity index (χ0) is 15.2. The third-order valence-corrected chi connectivity index (χ3v) is 4.15. The molecular weight excluding hydrogens is 335 g/mol. The summed E-state index contributed by atoms with van der Waals surface area (Å²) in [5, 5.41) is 0. The first-order chi connectivity index (χ1) is 10.1. The summed E-state index contributed by atoms with van der Waals surface area (Å²) in [7, 11) is 0. The van der Waals surface area contributed by atoms with Gasteiger partial charge in [0.15, 0.2) is 0 Å². The average molecular weight is 363 g/mol. The largest absolute Gasteiger partial charge is 0.357 e. The third kappa shape index (κ3) is 6.16. The van der Waals surface area contributed by atoms with Crippen molar-refractivity contribution in [1.82, 2.24) is 9.88 Å². The molecule has 1 aliphatic heterocycles. The predicted molar refractivity (Wildman–Crippen MR) is 99.6 cm³/mol. The van der Waals surface area contributed by atoms with Crippen molar-refractivity contribution in [3.05, 3.63) is 24.4 Å². The highest BCUT2D eigenvalue weighted by molar-refractivity contribution is 5.85. The zero-order valence-corrected chi connectivity index (χ0v) is 15.5. The number of halogens is 2. The fourth-order valence-electron chi connectivity index (χ4n) is 2.86. The number of nitrogens with zero attached hydrogens (tertiary/aromatic N) is 3. The smallest absolute Gasteiger partial charge is 0.239 e. The van der Waals surface area contributed by atoms with Crippen LogP contribution in [0.5, 0.6) is 0 Å². The summed E-state index contributed by atoms with van der Waals surface area (Å²) in [6.07, 6.45) is 4.03. The second kappa shape index (κ2) is 10.7. The van der Waals surface area contributed by atoms with Crippen LogP contribution >= 0.6 is 24.8 Å². The number of carbonyl (C=O) groups is 1. The normalized spacial score (nSPS) is 16.0. The molecule has 0 aromatic carbocycles. The molecule has 2 N–H and O–H groups in total. The van der Waals surface area contributed by atoms with Gasteiger partial charge in [-0.05, 0) is 44.7 Å². The Bertz CT molecular complexity index is 451. The minimum atomic E-state index is -0.404. The lowest BCUT2D eigenvalue weighted by atomic mass is 9.96. The van der Waals surface area contributed by atoms with E-state index in [1.165, 1.54) is 0 Å². The molecule has 23 heavy (non-hydrogen) atoms. The van der Waals surface area contributed by atoms with Crippen LogP contribution in [0, 0.1) is 5.92 Å². The van der Waals surface area contributed by atoms with E-state index in [1.54, 1.807) is 6.92 Å². The molecule has 1 aromatic heterocycles. The highest BCUT2D eigenvalue weighted by Gasteiger charge is 2.24. The summed E-state index contributed by atoms with van der Waals surface area (Å²) in [6, 6.07) is 5.61. The summed E-state index contributed by atoms with van der Waals surface area (Å²) in [6.45, 7) is 7.35. The number of hydrogen-bond acceptors (Lipinski definition) is 4. The van der Waals surface area contributed by atoms with Crippen molar-refractivity contribution in [3.8, 4) is 0 Å². The summed E-state index contributed by atoms with van der Waals surface area (Å²) in [5.74, 6) is 1.67. The monoisotopic (exact) mass is 362 g/mol. The lowest BCUT2D eigenvalue weighted by Gasteiger charge is -2.35. The van der Waals surface area contributed by atoms with Crippen LogP contribution in [0.15, 0.2) is 24.4 Å². The average Bonchev–Trinajstić information content (AvgIpc) is 2.53. The molecule has 2 heterocycles. The minimum absolute atomic E-state index is 0. The van der Waals surface area contributed by atoms with Crippen LogP contribution in [0.4, 0.5) is 5.82 Å². The first-order valence-corrected chi connectivity index (χ1v) is 7.82. The van der Waals surface area contributed by atoms with Gasteiger partial charge in [0.25, 0.3) is 0 Å². The molecule has 1 fully saturated rings. The molecule has 0 bridgehead atoms. The van der Waals surface area contributed by atoms with E-state index in [9.17, 15) is 4.79 Å². The Hall–Kier alpha value is -1.04. The van der Waals surface area contributed by atoms with Crippen LogP contribution in [0.25, 0.3) is 0 Å². The van der Waals surface area contributed by atoms with Gasteiger partial charge in [0.05, 0.1) is 6.04 Å². The van der Waals surface area contributed by atoms with Crippen LogP contribution in [-0.4, -0.2) is 48.0 Å². The molecule has 0 saturated carbocycles. The lowest BCUT2D eigenvalue weighted by Crippen LogP contribution is -2.46. The van der Waals surface area contributed by atoms with Gasteiger partial charge in [-0.3, -0.25) is 4.79 Å². The van der Waals surface area contributed by atoms with Crippen molar-refractivity contribution in [3.63, 3.8) is 0 Å². The molecule has 0 radical (unpaired) electrons. The molecule has 5 nitrogen and oxygen atoms in total. The van der Waals surface area contributed by atoms with Gasteiger partial charge in [0.2, 0.25) is 5.91 Å². The molecule has 0 aliphatic carbocycles. The molecule has 1 saturated heterocycles. The second-order valence-corrected chi connectivity index (χ2v) is 5.78. The number of nitrogens with two attached hydrogens (primary N) is 1. The molecule has 1 aromatic rings. The van der Waals surface area contributed by atoms with E-state index in [1.807, 2.05) is 30.2 Å². The van der Waals surface area contributed by atoms with Crippen LogP contribution in [0.2, 0.25) is 0 Å². The topological polar surface area (TPSA) is 62.5 Å². The molecule has 2 rings (SSSR count). The fraction of sp³-hybridized carbons (Fsp3) is 0.625. The number of carbonyl (C=O) groups excluding carboxylic acids is 1. The summed E-state index contributed by atoms with van der Waals surface area (Å²) >= 11 is 0. The lowest BCUT2D eigenvalue weighted by molar-refractivity contribution is -0.132. The number of piperidine rings is 1. The predicted octanol–water partition coefficient (Wildman–Crippen LogP) is 2.34. The van der Waals surface area contributed by atoms with Gasteiger partial charge >= 0.3 is 0 Å². The van der Waals surface area contributed by atoms with Crippen molar-refractivity contribution in [2.75, 3.05) is 31.1 Å². The van der Waals surface area contributed by atoms with E-state index in [0.717, 1.165) is 44.8 Å². The minimum Gasteiger partial charge on any atom is -0.357 e. The molecule has 1 aliphatic rings. The molecule has 0 unspecified atom stereocenters. The van der Waals surface area contributed by atoms with Crippen molar-refractivity contribution >= 4 is 36.5 Å².